The summed E-state index contributed by atoms with van der Waals surface area (Å²) in [5.41, 5.74) is 1.14. The largest absolute Gasteiger partial charge is 0.375 e. The van der Waals surface area contributed by atoms with Gasteiger partial charge in [0.2, 0.25) is 17.8 Å². The summed E-state index contributed by atoms with van der Waals surface area (Å²) in [6, 6.07) is 10.1. The van der Waals surface area contributed by atoms with Crippen LogP contribution >= 0.6 is 0 Å². The number of rotatable bonds is 9. The van der Waals surface area contributed by atoms with E-state index in [1.807, 2.05) is 44.2 Å². The molecule has 0 radical (unpaired) electrons. The Hall–Kier alpha value is -2.54. The van der Waals surface area contributed by atoms with E-state index in [0.29, 0.717) is 25.0 Å². The fourth-order valence-electron chi connectivity index (χ4n) is 2.19. The SMILES string of the molecule is CCC(COCc1ccccc1)Nc1nc(C)nc(NC(=O)C(C)C)n1. The van der Waals surface area contributed by atoms with Gasteiger partial charge in [0.05, 0.1) is 19.3 Å². The van der Waals surface area contributed by atoms with Gasteiger partial charge >= 0.3 is 0 Å². The maximum Gasteiger partial charge on any atom is 0.234 e. The first kappa shape index (κ1) is 19.8. The molecule has 7 nitrogen and oxygen atoms in total. The van der Waals surface area contributed by atoms with Gasteiger partial charge < -0.3 is 10.1 Å². The summed E-state index contributed by atoms with van der Waals surface area (Å²) in [5, 5.41) is 5.97. The van der Waals surface area contributed by atoms with Gasteiger partial charge in [-0.05, 0) is 18.9 Å². The number of anilines is 2. The molecule has 1 aromatic carbocycles. The number of hydrogen-bond acceptors (Lipinski definition) is 6. The molecule has 0 spiro atoms. The summed E-state index contributed by atoms with van der Waals surface area (Å²) in [7, 11) is 0. The Bertz CT molecular complexity index is 706. The Labute approximate surface area is 154 Å². The molecule has 1 aromatic heterocycles. The minimum atomic E-state index is -0.141. The maximum atomic E-state index is 11.8. The first-order chi connectivity index (χ1) is 12.5. The number of aryl methyl sites for hydroxylation is 1. The molecular formula is C19H27N5O2. The van der Waals surface area contributed by atoms with Gasteiger partial charge in [0.25, 0.3) is 0 Å². The Morgan fingerprint density at radius 3 is 2.46 bits per heavy atom. The van der Waals surface area contributed by atoms with Crippen molar-refractivity contribution in [3.63, 3.8) is 0 Å². The molecule has 0 saturated heterocycles. The number of ether oxygens (including phenoxy) is 1. The summed E-state index contributed by atoms with van der Waals surface area (Å²) in [6.45, 7) is 8.57. The Kier molecular flexibility index (Phi) is 7.47. The van der Waals surface area contributed by atoms with Gasteiger partial charge in [-0.2, -0.15) is 15.0 Å². The molecule has 1 heterocycles. The number of aromatic nitrogens is 3. The summed E-state index contributed by atoms with van der Waals surface area (Å²) in [4.78, 5) is 24.6. The van der Waals surface area contributed by atoms with Crippen LogP contribution in [-0.4, -0.2) is 33.5 Å². The molecule has 0 saturated carbocycles. The molecule has 2 aromatic rings. The zero-order valence-corrected chi connectivity index (χ0v) is 15.8. The van der Waals surface area contributed by atoms with Gasteiger partial charge in [0, 0.05) is 5.92 Å². The number of benzene rings is 1. The van der Waals surface area contributed by atoms with Gasteiger partial charge in [-0.15, -0.1) is 0 Å². The van der Waals surface area contributed by atoms with E-state index in [9.17, 15) is 4.79 Å². The molecule has 0 bridgehead atoms. The van der Waals surface area contributed by atoms with Crippen LogP contribution in [0.5, 0.6) is 0 Å². The monoisotopic (exact) mass is 357 g/mol. The van der Waals surface area contributed by atoms with Crippen molar-refractivity contribution in [3.05, 3.63) is 41.7 Å². The van der Waals surface area contributed by atoms with E-state index in [2.05, 4.69) is 32.5 Å². The van der Waals surface area contributed by atoms with Gasteiger partial charge in [-0.1, -0.05) is 51.1 Å². The molecule has 0 fully saturated rings. The smallest absolute Gasteiger partial charge is 0.234 e. The van der Waals surface area contributed by atoms with Crippen molar-refractivity contribution in [2.45, 2.75) is 46.8 Å². The highest BCUT2D eigenvalue weighted by Crippen LogP contribution is 2.10. The predicted molar refractivity (Wildman–Crippen MR) is 102 cm³/mol. The van der Waals surface area contributed by atoms with Crippen LogP contribution in [0.3, 0.4) is 0 Å². The number of nitrogens with zero attached hydrogens (tertiary/aromatic N) is 3. The lowest BCUT2D eigenvalue weighted by Gasteiger charge is -2.18. The molecule has 1 amide bonds. The fraction of sp³-hybridized carbons (Fsp3) is 0.474. The van der Waals surface area contributed by atoms with Crippen LogP contribution in [0.15, 0.2) is 30.3 Å². The summed E-state index contributed by atoms with van der Waals surface area (Å²) < 4.78 is 5.80. The van der Waals surface area contributed by atoms with Crippen LogP contribution in [0.1, 0.15) is 38.6 Å². The molecule has 26 heavy (non-hydrogen) atoms. The highest BCUT2D eigenvalue weighted by molar-refractivity contribution is 5.90. The number of amides is 1. The van der Waals surface area contributed by atoms with Crippen LogP contribution in [0.25, 0.3) is 0 Å². The quantitative estimate of drug-likeness (QED) is 0.716. The van der Waals surface area contributed by atoms with Gasteiger partial charge in [0.15, 0.2) is 0 Å². The van der Waals surface area contributed by atoms with Crippen LogP contribution in [0, 0.1) is 12.8 Å². The van der Waals surface area contributed by atoms with E-state index in [1.165, 1.54) is 0 Å². The topological polar surface area (TPSA) is 89.0 Å². The average molecular weight is 357 g/mol. The molecule has 1 atom stereocenters. The van der Waals surface area contributed by atoms with Crippen LogP contribution < -0.4 is 10.6 Å². The highest BCUT2D eigenvalue weighted by atomic mass is 16.5. The fourth-order valence-corrected chi connectivity index (χ4v) is 2.19. The van der Waals surface area contributed by atoms with E-state index < -0.39 is 0 Å². The second kappa shape index (κ2) is 9.82. The standard InChI is InChI=1S/C19H27N5O2/c1-5-16(12-26-11-15-9-7-6-8-10-15)22-18-20-14(4)21-19(24-18)23-17(25)13(2)3/h6-10,13,16H,5,11-12H2,1-4H3,(H2,20,21,22,23,24,25). The third-order valence-electron chi connectivity index (χ3n) is 3.76. The van der Waals surface area contributed by atoms with Crippen molar-refractivity contribution >= 4 is 17.8 Å². The lowest BCUT2D eigenvalue weighted by molar-refractivity contribution is -0.118. The minimum Gasteiger partial charge on any atom is -0.375 e. The van der Waals surface area contributed by atoms with Crippen LogP contribution in [0.4, 0.5) is 11.9 Å². The molecule has 140 valence electrons. The molecular weight excluding hydrogens is 330 g/mol. The summed E-state index contributed by atoms with van der Waals surface area (Å²) in [6.07, 6.45) is 0.854. The normalized spacial score (nSPS) is 12.0. The van der Waals surface area contributed by atoms with E-state index in [-0.39, 0.29) is 23.8 Å². The predicted octanol–water partition coefficient (Wildman–Crippen LogP) is 3.18. The minimum absolute atomic E-state index is 0.0640. The zero-order valence-electron chi connectivity index (χ0n) is 15.8. The lowest BCUT2D eigenvalue weighted by Crippen LogP contribution is -2.27. The van der Waals surface area contributed by atoms with Crippen LogP contribution in [0.2, 0.25) is 0 Å². The number of carbonyl (C=O) groups is 1. The van der Waals surface area contributed by atoms with Crippen molar-refractivity contribution in [3.8, 4) is 0 Å². The number of nitrogens with one attached hydrogen (secondary N) is 2. The maximum absolute atomic E-state index is 11.8. The number of carbonyl (C=O) groups excluding carboxylic acids is 1. The van der Waals surface area contributed by atoms with E-state index in [1.54, 1.807) is 6.92 Å². The van der Waals surface area contributed by atoms with E-state index in [4.69, 9.17) is 4.74 Å². The van der Waals surface area contributed by atoms with Crippen molar-refractivity contribution in [1.29, 1.82) is 0 Å². The Balaban J connectivity index is 1.94. The van der Waals surface area contributed by atoms with Crippen molar-refractivity contribution < 1.29 is 9.53 Å². The van der Waals surface area contributed by atoms with E-state index in [0.717, 1.165) is 12.0 Å². The molecule has 0 aliphatic carbocycles. The molecule has 0 aliphatic heterocycles. The van der Waals surface area contributed by atoms with Gasteiger partial charge in [-0.3, -0.25) is 10.1 Å². The summed E-state index contributed by atoms with van der Waals surface area (Å²) in [5.74, 6) is 0.977. The average Bonchev–Trinajstić information content (AvgIpc) is 2.61. The third-order valence-corrected chi connectivity index (χ3v) is 3.76. The van der Waals surface area contributed by atoms with Crippen molar-refractivity contribution in [1.82, 2.24) is 15.0 Å². The Morgan fingerprint density at radius 1 is 1.12 bits per heavy atom. The first-order valence-electron chi connectivity index (χ1n) is 8.89. The zero-order chi connectivity index (χ0) is 18.9. The Morgan fingerprint density at radius 2 is 1.81 bits per heavy atom. The van der Waals surface area contributed by atoms with Crippen molar-refractivity contribution in [2.24, 2.45) is 5.92 Å². The van der Waals surface area contributed by atoms with E-state index >= 15 is 0 Å². The number of hydrogen-bond donors (Lipinski definition) is 2. The summed E-state index contributed by atoms with van der Waals surface area (Å²) >= 11 is 0. The van der Waals surface area contributed by atoms with Gasteiger partial charge in [-0.25, -0.2) is 0 Å². The third kappa shape index (κ3) is 6.40. The molecule has 1 unspecified atom stereocenters. The second-order valence-electron chi connectivity index (χ2n) is 6.42. The molecule has 2 N–H and O–H groups in total. The van der Waals surface area contributed by atoms with Crippen LogP contribution in [-0.2, 0) is 16.1 Å². The first-order valence-corrected chi connectivity index (χ1v) is 8.89. The second-order valence-corrected chi connectivity index (χ2v) is 6.42. The highest BCUT2D eigenvalue weighted by Gasteiger charge is 2.13. The molecule has 0 aliphatic rings. The van der Waals surface area contributed by atoms with Gasteiger partial charge in [0.1, 0.15) is 5.82 Å². The van der Waals surface area contributed by atoms with Crippen molar-refractivity contribution in [2.75, 3.05) is 17.2 Å². The lowest BCUT2D eigenvalue weighted by atomic mass is 10.2. The molecule has 2 rings (SSSR count). The molecule has 7 heteroatoms.